The molecule has 4 nitrogen and oxygen atoms in total. The largest absolute Gasteiger partial charge is 0.491 e. The summed E-state index contributed by atoms with van der Waals surface area (Å²) >= 11 is 0. The summed E-state index contributed by atoms with van der Waals surface area (Å²) in [5.74, 6) is -0.598. The lowest BCUT2D eigenvalue weighted by Gasteiger charge is -2.52. The van der Waals surface area contributed by atoms with Crippen LogP contribution >= 0.6 is 0 Å². The number of anilines is 1. The Balaban J connectivity index is 1.55. The van der Waals surface area contributed by atoms with Crippen LogP contribution in [0, 0.1) is 11.8 Å². The molecule has 1 saturated heterocycles. The van der Waals surface area contributed by atoms with Crippen LogP contribution in [0.5, 0.6) is 5.75 Å². The Morgan fingerprint density at radius 1 is 0.844 bits per heavy atom. The minimum absolute atomic E-state index is 0.112. The lowest BCUT2D eigenvalue weighted by molar-refractivity contribution is -0.123. The minimum atomic E-state index is -0.548. The number of rotatable bonds is 4. The first-order chi connectivity index (χ1) is 15.6. The molecule has 32 heavy (non-hydrogen) atoms. The molecule has 3 aromatic carbocycles. The van der Waals surface area contributed by atoms with Crippen LogP contribution in [0.2, 0.25) is 0 Å². The van der Waals surface area contributed by atoms with Crippen molar-refractivity contribution in [2.24, 2.45) is 11.8 Å². The molecule has 4 aliphatic rings. The number of benzene rings is 3. The fourth-order valence-corrected chi connectivity index (χ4v) is 6.36. The highest BCUT2D eigenvalue weighted by Crippen LogP contribution is 2.64. The van der Waals surface area contributed by atoms with E-state index in [4.69, 9.17) is 4.74 Å². The molecule has 0 aromatic heterocycles. The summed E-state index contributed by atoms with van der Waals surface area (Å²) in [4.78, 5) is 29.4. The molecule has 1 aliphatic heterocycles. The summed E-state index contributed by atoms with van der Waals surface area (Å²) in [5, 5.41) is 0. The summed E-state index contributed by atoms with van der Waals surface area (Å²) in [7, 11) is 0. The van der Waals surface area contributed by atoms with Crippen molar-refractivity contribution in [1.29, 1.82) is 0 Å². The Bertz CT molecular complexity index is 1220. The molecule has 0 spiro atoms. The van der Waals surface area contributed by atoms with Crippen LogP contribution in [-0.2, 0) is 15.0 Å². The van der Waals surface area contributed by atoms with Gasteiger partial charge in [0.15, 0.2) is 0 Å². The zero-order valence-electron chi connectivity index (χ0n) is 18.2. The average Bonchev–Trinajstić information content (AvgIpc) is 3.09. The van der Waals surface area contributed by atoms with Gasteiger partial charge in [0, 0.05) is 11.3 Å². The Labute approximate surface area is 187 Å². The van der Waals surface area contributed by atoms with E-state index in [1.807, 2.05) is 55.5 Å². The van der Waals surface area contributed by atoms with E-state index in [2.05, 4.69) is 31.2 Å². The Morgan fingerprint density at radius 3 is 2.09 bits per heavy atom. The molecule has 2 bridgehead atoms. The molecule has 1 heterocycles. The maximum atomic E-state index is 14.0. The summed E-state index contributed by atoms with van der Waals surface area (Å²) in [6, 6.07) is 24.1. The molecule has 0 N–H and O–H groups in total. The fraction of sp³-hybridized carbons (Fsp3) is 0.286. The van der Waals surface area contributed by atoms with Gasteiger partial charge in [0.25, 0.3) is 0 Å². The van der Waals surface area contributed by atoms with Crippen LogP contribution in [-0.4, -0.2) is 18.4 Å². The van der Waals surface area contributed by atoms with Crippen molar-refractivity contribution in [3.05, 3.63) is 95.1 Å². The van der Waals surface area contributed by atoms with Gasteiger partial charge in [0.05, 0.1) is 24.1 Å². The molecule has 3 aromatic rings. The summed E-state index contributed by atoms with van der Waals surface area (Å²) < 4.78 is 5.92. The van der Waals surface area contributed by atoms with E-state index < -0.39 is 17.3 Å². The number of hydrogen-bond donors (Lipinski definition) is 0. The van der Waals surface area contributed by atoms with Gasteiger partial charge in [-0.2, -0.15) is 0 Å². The third kappa shape index (κ3) is 2.27. The number of para-hydroxylation sites is 2. The van der Waals surface area contributed by atoms with Crippen molar-refractivity contribution in [2.75, 3.05) is 11.5 Å². The van der Waals surface area contributed by atoms with Crippen molar-refractivity contribution in [2.45, 2.75) is 31.6 Å². The topological polar surface area (TPSA) is 46.6 Å². The SMILES string of the molecule is CCCOc1ccccc1N1C(=O)C2[C@H](C1=O)C1c3ccccc3C2(C)c2ccccc21. The van der Waals surface area contributed by atoms with Crippen LogP contribution in [0.1, 0.15) is 48.4 Å². The lowest BCUT2D eigenvalue weighted by Crippen LogP contribution is -2.51. The summed E-state index contributed by atoms with van der Waals surface area (Å²) in [6.07, 6.45) is 0.853. The number of hydrogen-bond acceptors (Lipinski definition) is 3. The molecule has 0 radical (unpaired) electrons. The summed E-state index contributed by atoms with van der Waals surface area (Å²) in [6.45, 7) is 4.72. The number of ether oxygens (including phenoxy) is 1. The fourth-order valence-electron chi connectivity index (χ4n) is 6.36. The second kappa shape index (κ2) is 6.80. The highest BCUT2D eigenvalue weighted by atomic mass is 16.5. The first-order valence-electron chi connectivity index (χ1n) is 11.4. The number of imide groups is 1. The van der Waals surface area contributed by atoms with E-state index in [0.717, 1.165) is 6.42 Å². The zero-order chi connectivity index (χ0) is 22.0. The maximum absolute atomic E-state index is 14.0. The van der Waals surface area contributed by atoms with Crippen LogP contribution in [0.3, 0.4) is 0 Å². The van der Waals surface area contributed by atoms with Gasteiger partial charge < -0.3 is 4.74 Å². The second-order valence-electron chi connectivity index (χ2n) is 9.19. The van der Waals surface area contributed by atoms with Gasteiger partial charge in [-0.15, -0.1) is 0 Å². The lowest BCUT2D eigenvalue weighted by atomic mass is 9.48. The van der Waals surface area contributed by atoms with Gasteiger partial charge in [0.1, 0.15) is 5.75 Å². The van der Waals surface area contributed by atoms with Crippen molar-refractivity contribution in [3.8, 4) is 5.75 Å². The van der Waals surface area contributed by atoms with Gasteiger partial charge >= 0.3 is 0 Å². The molecule has 1 fully saturated rings. The van der Waals surface area contributed by atoms with Gasteiger partial charge in [-0.25, -0.2) is 4.90 Å². The predicted molar refractivity (Wildman–Crippen MR) is 123 cm³/mol. The molecule has 2 atom stereocenters. The van der Waals surface area contributed by atoms with Crippen molar-refractivity contribution < 1.29 is 14.3 Å². The Hall–Kier alpha value is -3.40. The third-order valence-electron chi connectivity index (χ3n) is 7.61. The van der Waals surface area contributed by atoms with E-state index >= 15 is 0 Å². The minimum Gasteiger partial charge on any atom is -0.491 e. The zero-order valence-corrected chi connectivity index (χ0v) is 18.2. The summed E-state index contributed by atoms with van der Waals surface area (Å²) in [5.41, 5.74) is 4.70. The van der Waals surface area contributed by atoms with Crippen molar-refractivity contribution >= 4 is 17.5 Å². The molecule has 160 valence electrons. The van der Waals surface area contributed by atoms with Crippen LogP contribution in [0.4, 0.5) is 5.69 Å². The standard InChI is InChI=1S/C28H25NO3/c1-3-16-32-22-15-9-8-14-21(22)29-26(30)24-23-17-10-4-6-12-19(17)28(2,25(24)27(29)31)20-13-7-5-11-18(20)23/h4-15,23-25H,3,16H2,1-2H3/t23?,24-,25?,28?/m1/s1. The molecular weight excluding hydrogens is 398 g/mol. The Morgan fingerprint density at radius 2 is 1.44 bits per heavy atom. The van der Waals surface area contributed by atoms with Gasteiger partial charge in [-0.05, 0) is 40.8 Å². The molecular formula is C28H25NO3. The van der Waals surface area contributed by atoms with E-state index in [1.54, 1.807) is 0 Å². The second-order valence-corrected chi connectivity index (χ2v) is 9.19. The van der Waals surface area contributed by atoms with Crippen LogP contribution < -0.4 is 9.64 Å². The first-order valence-corrected chi connectivity index (χ1v) is 11.4. The van der Waals surface area contributed by atoms with E-state index in [0.29, 0.717) is 18.0 Å². The van der Waals surface area contributed by atoms with Gasteiger partial charge in [-0.1, -0.05) is 74.5 Å². The Kier molecular flexibility index (Phi) is 4.10. The highest BCUT2D eigenvalue weighted by molar-refractivity contribution is 6.24. The molecule has 4 heteroatoms. The quantitative estimate of drug-likeness (QED) is 0.552. The highest BCUT2D eigenvalue weighted by Gasteiger charge is 2.66. The molecule has 2 amide bonds. The number of carbonyl (C=O) groups is 2. The van der Waals surface area contributed by atoms with Crippen LogP contribution in [0.25, 0.3) is 0 Å². The van der Waals surface area contributed by atoms with Crippen molar-refractivity contribution in [1.82, 2.24) is 0 Å². The third-order valence-corrected chi connectivity index (χ3v) is 7.61. The maximum Gasteiger partial charge on any atom is 0.239 e. The molecule has 7 rings (SSSR count). The smallest absolute Gasteiger partial charge is 0.239 e. The predicted octanol–water partition coefficient (Wildman–Crippen LogP) is 5.05. The number of nitrogens with zero attached hydrogens (tertiary/aromatic N) is 1. The average molecular weight is 424 g/mol. The van der Waals surface area contributed by atoms with Crippen LogP contribution in [0.15, 0.2) is 72.8 Å². The van der Waals surface area contributed by atoms with E-state index in [1.165, 1.54) is 27.2 Å². The van der Waals surface area contributed by atoms with Crippen molar-refractivity contribution in [3.63, 3.8) is 0 Å². The molecule has 0 saturated carbocycles. The monoisotopic (exact) mass is 423 g/mol. The normalized spacial score (nSPS) is 27.2. The number of amides is 2. The first kappa shape index (κ1) is 19.3. The van der Waals surface area contributed by atoms with Gasteiger partial charge in [0.2, 0.25) is 11.8 Å². The molecule has 3 aliphatic carbocycles. The number of carbonyl (C=O) groups excluding carboxylic acids is 2. The van der Waals surface area contributed by atoms with Gasteiger partial charge in [-0.3, -0.25) is 9.59 Å². The molecule has 1 unspecified atom stereocenters. The van der Waals surface area contributed by atoms with E-state index in [-0.39, 0.29) is 17.7 Å². The van der Waals surface area contributed by atoms with E-state index in [9.17, 15) is 9.59 Å².